The number of aryl methyl sites for hydroxylation is 2. The van der Waals surface area contributed by atoms with E-state index in [1.54, 1.807) is 38.1 Å². The number of esters is 1. The van der Waals surface area contributed by atoms with Gasteiger partial charge >= 0.3 is 5.97 Å². The number of rotatable bonds is 10. The second-order valence-electron chi connectivity index (χ2n) is 6.86. The number of aromatic nitrogens is 2. The van der Waals surface area contributed by atoms with E-state index in [1.807, 2.05) is 19.1 Å². The van der Waals surface area contributed by atoms with Gasteiger partial charge in [0, 0.05) is 25.5 Å². The minimum absolute atomic E-state index is 0.173. The Bertz CT molecular complexity index is 1020. The number of thioether (sulfide) groups is 1. The predicted octanol–water partition coefficient (Wildman–Crippen LogP) is 5.38. The van der Waals surface area contributed by atoms with Crippen molar-refractivity contribution in [3.05, 3.63) is 58.9 Å². The molecule has 0 aliphatic heterocycles. The lowest BCUT2D eigenvalue weighted by molar-refractivity contribution is 0.0526. The molecular formula is C23H27FN2O3S. The molecule has 0 saturated carbocycles. The van der Waals surface area contributed by atoms with Crippen molar-refractivity contribution in [2.24, 2.45) is 0 Å². The zero-order chi connectivity index (χ0) is 21.5. The predicted molar refractivity (Wildman–Crippen MR) is 117 cm³/mol. The Morgan fingerprint density at radius 1 is 1.20 bits per heavy atom. The van der Waals surface area contributed by atoms with Crippen molar-refractivity contribution in [1.29, 1.82) is 0 Å². The maximum Gasteiger partial charge on any atom is 0.338 e. The summed E-state index contributed by atoms with van der Waals surface area (Å²) >= 11 is 1.49. The number of hydrogen-bond donors (Lipinski definition) is 0. The van der Waals surface area contributed by atoms with Crippen LogP contribution in [0.25, 0.3) is 11.0 Å². The van der Waals surface area contributed by atoms with Gasteiger partial charge in [-0.3, -0.25) is 0 Å². The molecule has 0 unspecified atom stereocenters. The molecule has 0 atom stereocenters. The molecule has 0 fully saturated rings. The lowest BCUT2D eigenvalue weighted by Crippen LogP contribution is -2.05. The van der Waals surface area contributed by atoms with Crippen molar-refractivity contribution in [2.75, 3.05) is 19.8 Å². The number of benzene rings is 2. The van der Waals surface area contributed by atoms with E-state index in [9.17, 15) is 9.18 Å². The van der Waals surface area contributed by atoms with E-state index in [0.29, 0.717) is 42.3 Å². The molecule has 0 radical (unpaired) electrons. The van der Waals surface area contributed by atoms with Gasteiger partial charge in [-0.2, -0.15) is 0 Å². The Kier molecular flexibility index (Phi) is 7.87. The molecule has 2 aromatic carbocycles. The van der Waals surface area contributed by atoms with Crippen LogP contribution in [0, 0.1) is 12.7 Å². The fourth-order valence-corrected chi connectivity index (χ4v) is 4.22. The second-order valence-corrected chi connectivity index (χ2v) is 7.80. The molecule has 3 rings (SSSR count). The fraction of sp³-hybridized carbons (Fsp3) is 0.391. The van der Waals surface area contributed by atoms with Crippen LogP contribution in [0.3, 0.4) is 0 Å². The quantitative estimate of drug-likeness (QED) is 0.246. The largest absolute Gasteiger partial charge is 0.462 e. The summed E-state index contributed by atoms with van der Waals surface area (Å²) in [5.41, 5.74) is 3.43. The third-order valence-electron chi connectivity index (χ3n) is 4.73. The van der Waals surface area contributed by atoms with Crippen LogP contribution >= 0.6 is 11.8 Å². The molecular weight excluding hydrogens is 403 g/mol. The molecule has 0 amide bonds. The third kappa shape index (κ3) is 5.21. The fourth-order valence-electron chi connectivity index (χ4n) is 3.21. The summed E-state index contributed by atoms with van der Waals surface area (Å²) in [4.78, 5) is 16.8. The summed E-state index contributed by atoms with van der Waals surface area (Å²) in [6, 6.07) is 10.8. The highest BCUT2D eigenvalue weighted by Gasteiger charge is 2.15. The Morgan fingerprint density at radius 2 is 2.03 bits per heavy atom. The van der Waals surface area contributed by atoms with Gasteiger partial charge in [0.25, 0.3) is 0 Å². The van der Waals surface area contributed by atoms with Crippen LogP contribution in [0.2, 0.25) is 0 Å². The molecule has 160 valence electrons. The monoisotopic (exact) mass is 430 g/mol. The van der Waals surface area contributed by atoms with Gasteiger partial charge in [-0.1, -0.05) is 30.0 Å². The van der Waals surface area contributed by atoms with Crippen molar-refractivity contribution in [1.82, 2.24) is 9.55 Å². The van der Waals surface area contributed by atoms with Crippen molar-refractivity contribution in [3.63, 3.8) is 0 Å². The van der Waals surface area contributed by atoms with Crippen LogP contribution in [0.5, 0.6) is 0 Å². The van der Waals surface area contributed by atoms with E-state index >= 15 is 0 Å². The summed E-state index contributed by atoms with van der Waals surface area (Å²) in [5, 5.41) is 0.795. The Hall–Kier alpha value is -2.38. The number of nitrogens with zero attached hydrogens (tertiary/aromatic N) is 2. The van der Waals surface area contributed by atoms with Crippen molar-refractivity contribution >= 4 is 28.8 Å². The van der Waals surface area contributed by atoms with E-state index in [0.717, 1.165) is 29.2 Å². The van der Waals surface area contributed by atoms with Gasteiger partial charge in [-0.25, -0.2) is 14.2 Å². The topological polar surface area (TPSA) is 53.4 Å². The highest BCUT2D eigenvalue weighted by atomic mass is 32.2. The first-order valence-corrected chi connectivity index (χ1v) is 11.2. The van der Waals surface area contributed by atoms with Gasteiger partial charge in [-0.15, -0.1) is 0 Å². The minimum atomic E-state index is -0.360. The first-order chi connectivity index (χ1) is 14.5. The summed E-state index contributed by atoms with van der Waals surface area (Å²) in [6.07, 6.45) is 0.839. The van der Waals surface area contributed by atoms with E-state index < -0.39 is 0 Å². The average molecular weight is 431 g/mol. The zero-order valence-electron chi connectivity index (χ0n) is 17.6. The molecule has 0 N–H and O–H groups in total. The smallest absolute Gasteiger partial charge is 0.338 e. The number of carbonyl (C=O) groups excluding carboxylic acids is 1. The number of halogens is 1. The molecule has 0 spiro atoms. The standard InChI is InChI=1S/C23H27FN2O3S/c1-4-28-13-7-12-26-20-11-10-17(22(27)29-5-2)14-19(20)25-23(26)30-15-18-9-6-8-16(3)21(18)24/h6,8-11,14H,4-5,7,12-13,15H2,1-3H3. The highest BCUT2D eigenvalue weighted by molar-refractivity contribution is 7.98. The van der Waals surface area contributed by atoms with Crippen molar-refractivity contribution in [2.45, 2.75) is 44.6 Å². The third-order valence-corrected chi connectivity index (χ3v) is 5.75. The second kappa shape index (κ2) is 10.6. The van der Waals surface area contributed by atoms with E-state index in [4.69, 9.17) is 14.5 Å². The Morgan fingerprint density at radius 3 is 2.80 bits per heavy atom. The van der Waals surface area contributed by atoms with Crippen LogP contribution < -0.4 is 0 Å². The first-order valence-electron chi connectivity index (χ1n) is 10.2. The molecule has 1 heterocycles. The van der Waals surface area contributed by atoms with E-state index in [2.05, 4.69) is 4.57 Å². The van der Waals surface area contributed by atoms with Crippen LogP contribution in [-0.2, 0) is 21.8 Å². The van der Waals surface area contributed by atoms with Gasteiger partial charge in [-0.05, 0) is 56.5 Å². The van der Waals surface area contributed by atoms with Crippen LogP contribution in [0.4, 0.5) is 4.39 Å². The number of carbonyl (C=O) groups is 1. The SMILES string of the molecule is CCOCCCn1c(SCc2cccc(C)c2F)nc2cc(C(=O)OCC)ccc21. The summed E-state index contributed by atoms with van der Waals surface area (Å²) < 4.78 is 27.1. The maximum absolute atomic E-state index is 14.4. The first kappa shape index (κ1) is 22.3. The van der Waals surface area contributed by atoms with Gasteiger partial charge in [0.15, 0.2) is 5.16 Å². The van der Waals surface area contributed by atoms with Crippen molar-refractivity contribution < 1.29 is 18.7 Å². The zero-order valence-corrected chi connectivity index (χ0v) is 18.4. The van der Waals surface area contributed by atoms with Gasteiger partial charge in [0.2, 0.25) is 0 Å². The van der Waals surface area contributed by atoms with Gasteiger partial charge < -0.3 is 14.0 Å². The molecule has 0 bridgehead atoms. The van der Waals surface area contributed by atoms with Crippen LogP contribution in [0.15, 0.2) is 41.6 Å². The molecule has 5 nitrogen and oxygen atoms in total. The lowest BCUT2D eigenvalue weighted by Gasteiger charge is -2.10. The van der Waals surface area contributed by atoms with Gasteiger partial charge in [0.1, 0.15) is 5.82 Å². The van der Waals surface area contributed by atoms with E-state index in [1.165, 1.54) is 11.8 Å². The molecule has 0 aliphatic rings. The van der Waals surface area contributed by atoms with E-state index in [-0.39, 0.29) is 11.8 Å². The molecule has 3 aromatic rings. The molecule has 0 saturated heterocycles. The lowest BCUT2D eigenvalue weighted by atomic mass is 10.1. The maximum atomic E-state index is 14.4. The Labute approximate surface area is 180 Å². The molecule has 1 aromatic heterocycles. The molecule has 0 aliphatic carbocycles. The summed E-state index contributed by atoms with van der Waals surface area (Å²) in [7, 11) is 0. The molecule has 7 heteroatoms. The van der Waals surface area contributed by atoms with Gasteiger partial charge in [0.05, 0.1) is 23.2 Å². The summed E-state index contributed by atoms with van der Waals surface area (Å²) in [5.74, 6) is -0.0533. The number of hydrogen-bond acceptors (Lipinski definition) is 5. The van der Waals surface area contributed by atoms with Crippen LogP contribution in [-0.4, -0.2) is 35.3 Å². The number of imidazole rings is 1. The van der Waals surface area contributed by atoms with Crippen molar-refractivity contribution in [3.8, 4) is 0 Å². The normalized spacial score (nSPS) is 11.2. The summed E-state index contributed by atoms with van der Waals surface area (Å²) in [6.45, 7) is 7.92. The average Bonchev–Trinajstić information content (AvgIpc) is 3.09. The highest BCUT2D eigenvalue weighted by Crippen LogP contribution is 2.29. The number of fused-ring (bicyclic) bond motifs is 1. The Balaban J connectivity index is 1.89. The number of ether oxygens (including phenoxy) is 2. The van der Waals surface area contributed by atoms with Crippen LogP contribution in [0.1, 0.15) is 41.8 Å². The molecule has 30 heavy (non-hydrogen) atoms. The minimum Gasteiger partial charge on any atom is -0.462 e.